The van der Waals surface area contributed by atoms with Gasteiger partial charge < -0.3 is 10.4 Å². The Morgan fingerprint density at radius 1 is 1.35 bits per heavy atom. The number of nitrogens with one attached hydrogen (secondary N) is 1. The Morgan fingerprint density at radius 3 is 2.71 bits per heavy atom. The van der Waals surface area contributed by atoms with Gasteiger partial charge in [0.2, 0.25) is 0 Å². The van der Waals surface area contributed by atoms with Gasteiger partial charge in [0.1, 0.15) is 0 Å². The predicted octanol–water partition coefficient (Wildman–Crippen LogP) is 3.42. The highest BCUT2D eigenvalue weighted by atomic mass is 35.5. The van der Waals surface area contributed by atoms with Crippen molar-refractivity contribution in [2.45, 2.75) is 25.9 Å². The first kappa shape index (κ1) is 12.8. The Labute approximate surface area is 110 Å². The fourth-order valence-corrected chi connectivity index (χ4v) is 2.99. The van der Waals surface area contributed by atoms with Gasteiger partial charge >= 0.3 is 0 Å². The minimum absolute atomic E-state index is 0.107. The summed E-state index contributed by atoms with van der Waals surface area (Å²) in [4.78, 5) is 1.12. The summed E-state index contributed by atoms with van der Waals surface area (Å²) in [6.07, 6.45) is 0. The van der Waals surface area contributed by atoms with E-state index in [-0.39, 0.29) is 12.1 Å². The van der Waals surface area contributed by atoms with Crippen molar-refractivity contribution in [3.63, 3.8) is 0 Å². The van der Waals surface area contributed by atoms with Crippen LogP contribution in [0.3, 0.4) is 0 Å². The largest absolute Gasteiger partial charge is 0.394 e. The first-order valence-electron chi connectivity index (χ1n) is 5.55. The number of rotatable bonds is 4. The summed E-state index contributed by atoms with van der Waals surface area (Å²) >= 11 is 8.04. The molecule has 0 amide bonds. The second-order valence-corrected chi connectivity index (χ2v) is 6.25. The zero-order chi connectivity index (χ0) is 12.5. The van der Waals surface area contributed by atoms with Crippen molar-refractivity contribution in [3.8, 4) is 0 Å². The number of thiophene rings is 1. The van der Waals surface area contributed by atoms with Crippen molar-refractivity contribution in [1.29, 1.82) is 0 Å². The molecule has 0 saturated heterocycles. The van der Waals surface area contributed by atoms with Gasteiger partial charge in [-0.1, -0.05) is 29.8 Å². The number of aliphatic hydroxyl groups is 1. The topological polar surface area (TPSA) is 32.3 Å². The predicted molar refractivity (Wildman–Crippen MR) is 74.8 cm³/mol. The third-order valence-corrected chi connectivity index (χ3v) is 4.44. The molecule has 1 heterocycles. The summed E-state index contributed by atoms with van der Waals surface area (Å²) in [5.41, 5.74) is -0.278. The molecule has 2 N–H and O–H groups in total. The van der Waals surface area contributed by atoms with Gasteiger partial charge in [-0.3, -0.25) is 0 Å². The molecule has 1 aromatic carbocycles. The number of halogens is 1. The van der Waals surface area contributed by atoms with Crippen LogP contribution in [0.15, 0.2) is 24.3 Å². The Balaban J connectivity index is 2.22. The molecule has 0 fully saturated rings. The molecule has 92 valence electrons. The monoisotopic (exact) mass is 269 g/mol. The molecule has 2 rings (SSSR count). The highest BCUT2D eigenvalue weighted by Crippen LogP contribution is 2.35. The van der Waals surface area contributed by atoms with Gasteiger partial charge in [0.15, 0.2) is 0 Å². The minimum Gasteiger partial charge on any atom is -0.394 e. The molecule has 4 heteroatoms. The van der Waals surface area contributed by atoms with Gasteiger partial charge in [0.05, 0.1) is 11.6 Å². The maximum atomic E-state index is 9.19. The van der Waals surface area contributed by atoms with Crippen LogP contribution >= 0.6 is 22.9 Å². The highest BCUT2D eigenvalue weighted by Gasteiger charge is 2.17. The van der Waals surface area contributed by atoms with Crippen molar-refractivity contribution in [2.24, 2.45) is 0 Å². The average molecular weight is 270 g/mol. The van der Waals surface area contributed by atoms with E-state index in [0.29, 0.717) is 6.54 Å². The summed E-state index contributed by atoms with van der Waals surface area (Å²) in [5, 5.41) is 14.4. The van der Waals surface area contributed by atoms with Crippen LogP contribution in [0.4, 0.5) is 0 Å². The third-order valence-electron chi connectivity index (χ3n) is 2.72. The van der Waals surface area contributed by atoms with E-state index in [1.54, 1.807) is 11.3 Å². The number of hydrogen-bond donors (Lipinski definition) is 2. The van der Waals surface area contributed by atoms with Gasteiger partial charge in [0, 0.05) is 27.0 Å². The van der Waals surface area contributed by atoms with E-state index in [9.17, 15) is 5.11 Å². The molecular weight excluding hydrogens is 254 g/mol. The van der Waals surface area contributed by atoms with Crippen LogP contribution < -0.4 is 5.32 Å². The zero-order valence-corrected chi connectivity index (χ0v) is 11.5. The Bertz CT molecular complexity index is 521. The first-order valence-corrected chi connectivity index (χ1v) is 6.75. The molecule has 2 nitrogen and oxygen atoms in total. The van der Waals surface area contributed by atoms with Gasteiger partial charge in [-0.2, -0.15) is 0 Å². The number of hydrogen-bond acceptors (Lipinski definition) is 3. The van der Waals surface area contributed by atoms with Crippen LogP contribution in [0.1, 0.15) is 18.7 Å². The van der Waals surface area contributed by atoms with Gasteiger partial charge in [-0.15, -0.1) is 11.3 Å². The van der Waals surface area contributed by atoms with Crippen LogP contribution in [0.5, 0.6) is 0 Å². The molecule has 1 aromatic heterocycles. The molecule has 0 bridgehead atoms. The Hall–Kier alpha value is -0.610. The number of aliphatic hydroxyl groups excluding tert-OH is 1. The van der Waals surface area contributed by atoms with Crippen molar-refractivity contribution >= 4 is 33.0 Å². The lowest BCUT2D eigenvalue weighted by Gasteiger charge is -2.23. The van der Waals surface area contributed by atoms with E-state index in [2.05, 4.69) is 11.4 Å². The van der Waals surface area contributed by atoms with Crippen LogP contribution in [0.25, 0.3) is 10.1 Å². The molecule has 0 spiro atoms. The summed E-state index contributed by atoms with van der Waals surface area (Å²) in [6, 6.07) is 8.13. The fourth-order valence-electron chi connectivity index (χ4n) is 1.55. The maximum Gasteiger partial charge on any atom is 0.0636 e. The van der Waals surface area contributed by atoms with E-state index in [1.807, 2.05) is 32.0 Å². The number of fused-ring (bicyclic) bond motifs is 1. The van der Waals surface area contributed by atoms with Gasteiger partial charge in [-0.05, 0) is 19.9 Å². The lowest BCUT2D eigenvalue weighted by atomic mass is 10.1. The first-order chi connectivity index (χ1) is 8.03. The standard InChI is InChI=1S/C13H16ClNOS/c1-13(2,8-16)15-7-11-12(14)9-5-3-4-6-10(9)17-11/h3-6,15-16H,7-8H2,1-2H3. The lowest BCUT2D eigenvalue weighted by molar-refractivity contribution is 0.188. The minimum atomic E-state index is -0.278. The molecule has 0 saturated carbocycles. The summed E-state index contributed by atoms with van der Waals surface area (Å²) in [6.45, 7) is 4.73. The van der Waals surface area contributed by atoms with Crippen LogP contribution in [0.2, 0.25) is 5.02 Å². The van der Waals surface area contributed by atoms with Crippen molar-refractivity contribution in [3.05, 3.63) is 34.2 Å². The quantitative estimate of drug-likeness (QED) is 0.892. The van der Waals surface area contributed by atoms with E-state index < -0.39 is 0 Å². The zero-order valence-electron chi connectivity index (χ0n) is 9.96. The SMILES string of the molecule is CC(C)(CO)NCc1sc2ccccc2c1Cl. The summed E-state index contributed by atoms with van der Waals surface area (Å²) < 4.78 is 1.20. The van der Waals surface area contributed by atoms with Gasteiger partial charge in [0.25, 0.3) is 0 Å². The molecule has 0 aliphatic heterocycles. The van der Waals surface area contributed by atoms with Crippen molar-refractivity contribution < 1.29 is 5.11 Å². The van der Waals surface area contributed by atoms with Crippen LogP contribution in [-0.4, -0.2) is 17.3 Å². The average Bonchev–Trinajstić information content (AvgIpc) is 2.65. The summed E-state index contributed by atoms with van der Waals surface area (Å²) in [5.74, 6) is 0. The van der Waals surface area contributed by atoms with E-state index >= 15 is 0 Å². The number of benzene rings is 1. The van der Waals surface area contributed by atoms with E-state index in [0.717, 1.165) is 15.3 Å². The second-order valence-electron chi connectivity index (χ2n) is 4.73. The van der Waals surface area contributed by atoms with Crippen molar-refractivity contribution in [2.75, 3.05) is 6.61 Å². The Kier molecular flexibility index (Phi) is 3.73. The molecule has 2 aromatic rings. The van der Waals surface area contributed by atoms with Gasteiger partial charge in [-0.25, -0.2) is 0 Å². The normalized spacial score (nSPS) is 12.2. The molecule has 0 unspecified atom stereocenters. The van der Waals surface area contributed by atoms with E-state index in [4.69, 9.17) is 11.6 Å². The van der Waals surface area contributed by atoms with E-state index in [1.165, 1.54) is 4.70 Å². The molecule has 0 atom stereocenters. The fraction of sp³-hybridized carbons (Fsp3) is 0.385. The molecule has 0 aliphatic rings. The summed E-state index contributed by atoms with van der Waals surface area (Å²) in [7, 11) is 0. The van der Waals surface area contributed by atoms with Crippen LogP contribution in [-0.2, 0) is 6.54 Å². The Morgan fingerprint density at radius 2 is 2.06 bits per heavy atom. The molecule has 0 radical (unpaired) electrons. The molecular formula is C13H16ClNOS. The highest BCUT2D eigenvalue weighted by molar-refractivity contribution is 7.19. The third kappa shape index (κ3) is 2.80. The molecule has 0 aliphatic carbocycles. The van der Waals surface area contributed by atoms with Crippen LogP contribution in [0, 0.1) is 0 Å². The lowest BCUT2D eigenvalue weighted by Crippen LogP contribution is -2.41. The van der Waals surface area contributed by atoms with Crippen molar-refractivity contribution in [1.82, 2.24) is 5.32 Å². The maximum absolute atomic E-state index is 9.19. The second kappa shape index (κ2) is 4.94. The smallest absolute Gasteiger partial charge is 0.0636 e. The molecule has 17 heavy (non-hydrogen) atoms.